The molecule has 0 atom stereocenters. The van der Waals surface area contributed by atoms with Gasteiger partial charge in [-0.15, -0.1) is 0 Å². The van der Waals surface area contributed by atoms with E-state index in [1.165, 1.54) is 5.69 Å². The van der Waals surface area contributed by atoms with Gasteiger partial charge in [0.05, 0.1) is 24.2 Å². The van der Waals surface area contributed by atoms with E-state index in [0.717, 1.165) is 29.7 Å². The maximum absolute atomic E-state index is 6.00. The van der Waals surface area contributed by atoms with E-state index in [1.807, 2.05) is 6.92 Å². The molecule has 2 aromatic heterocycles. The Balaban J connectivity index is 2.33. The van der Waals surface area contributed by atoms with Gasteiger partial charge < -0.3 is 9.30 Å². The molecule has 0 fully saturated rings. The zero-order valence-electron chi connectivity index (χ0n) is 8.46. The van der Waals surface area contributed by atoms with Crippen LogP contribution in [-0.4, -0.2) is 16.2 Å². The molecule has 0 bridgehead atoms. The predicted molar refractivity (Wildman–Crippen MR) is 59.1 cm³/mol. The molecule has 0 radical (unpaired) electrons. The molecule has 0 spiro atoms. The predicted octanol–water partition coefficient (Wildman–Crippen LogP) is 2.53. The lowest BCUT2D eigenvalue weighted by atomic mass is 10.3. The second kappa shape index (κ2) is 3.22. The maximum Gasteiger partial charge on any atom is 0.132 e. The Morgan fingerprint density at radius 2 is 2.33 bits per heavy atom. The Morgan fingerprint density at radius 1 is 1.47 bits per heavy atom. The fraction of sp³-hybridized carbons (Fsp3) is 0.364. The van der Waals surface area contributed by atoms with Crippen molar-refractivity contribution in [3.8, 4) is 0 Å². The Labute approximate surface area is 92.6 Å². The highest BCUT2D eigenvalue weighted by atomic mass is 35.5. The van der Waals surface area contributed by atoms with Crippen LogP contribution < -0.4 is 0 Å². The average molecular weight is 223 g/mol. The second-order valence-electron chi connectivity index (χ2n) is 3.84. The number of fused-ring (bicyclic) bond motifs is 3. The molecule has 0 saturated heterocycles. The maximum atomic E-state index is 6.00. The first-order valence-electron chi connectivity index (χ1n) is 4.99. The van der Waals surface area contributed by atoms with Gasteiger partial charge in [0.15, 0.2) is 0 Å². The van der Waals surface area contributed by atoms with Gasteiger partial charge in [-0.25, -0.2) is 4.98 Å². The summed E-state index contributed by atoms with van der Waals surface area (Å²) < 4.78 is 7.66. The Hall–Kier alpha value is -1.06. The van der Waals surface area contributed by atoms with Crippen LogP contribution in [0.4, 0.5) is 0 Å². The Bertz CT molecular complexity index is 533. The van der Waals surface area contributed by atoms with Gasteiger partial charge in [0.25, 0.3) is 0 Å². The van der Waals surface area contributed by atoms with Crippen molar-refractivity contribution in [3.63, 3.8) is 0 Å². The summed E-state index contributed by atoms with van der Waals surface area (Å²) in [6.07, 6.45) is 0. The lowest BCUT2D eigenvalue weighted by Gasteiger charge is -2.16. The van der Waals surface area contributed by atoms with Crippen LogP contribution >= 0.6 is 11.6 Å². The van der Waals surface area contributed by atoms with Crippen LogP contribution in [0.25, 0.3) is 11.0 Å². The monoisotopic (exact) mass is 222 g/mol. The smallest absolute Gasteiger partial charge is 0.132 e. The molecule has 3 rings (SSSR count). The third-order valence-corrected chi connectivity index (χ3v) is 3.19. The minimum atomic E-state index is 0.589. The number of aromatic nitrogens is 2. The van der Waals surface area contributed by atoms with Gasteiger partial charge >= 0.3 is 0 Å². The number of nitrogens with zero attached hydrogens (tertiary/aromatic N) is 2. The zero-order valence-corrected chi connectivity index (χ0v) is 9.21. The van der Waals surface area contributed by atoms with Crippen LogP contribution in [0.3, 0.4) is 0 Å². The first-order valence-corrected chi connectivity index (χ1v) is 5.36. The van der Waals surface area contributed by atoms with E-state index in [2.05, 4.69) is 21.7 Å². The quantitative estimate of drug-likeness (QED) is 0.641. The van der Waals surface area contributed by atoms with E-state index in [1.54, 1.807) is 0 Å². The second-order valence-corrected chi connectivity index (χ2v) is 4.20. The molecule has 0 aliphatic carbocycles. The van der Waals surface area contributed by atoms with Crippen molar-refractivity contribution in [2.45, 2.75) is 20.1 Å². The number of ether oxygens (including phenoxy) is 1. The van der Waals surface area contributed by atoms with Crippen molar-refractivity contribution >= 4 is 22.6 Å². The molecule has 0 N–H and O–H groups in total. The normalized spacial score (nSPS) is 15.6. The molecular weight excluding hydrogens is 212 g/mol. The van der Waals surface area contributed by atoms with Gasteiger partial charge in [0, 0.05) is 12.2 Å². The van der Waals surface area contributed by atoms with Crippen molar-refractivity contribution in [2.24, 2.45) is 0 Å². The highest BCUT2D eigenvalue weighted by Crippen LogP contribution is 2.25. The lowest BCUT2D eigenvalue weighted by Crippen LogP contribution is -2.15. The fourth-order valence-electron chi connectivity index (χ4n) is 2.02. The van der Waals surface area contributed by atoms with Crippen LogP contribution in [0.15, 0.2) is 12.1 Å². The zero-order chi connectivity index (χ0) is 10.4. The number of hydrogen-bond acceptors (Lipinski definition) is 2. The molecule has 78 valence electrons. The highest BCUT2D eigenvalue weighted by Gasteiger charge is 2.14. The summed E-state index contributed by atoms with van der Waals surface area (Å²) in [5.41, 5.74) is 4.34. The van der Waals surface area contributed by atoms with Crippen molar-refractivity contribution in [2.75, 3.05) is 6.61 Å². The number of aryl methyl sites for hydroxylation is 1. The summed E-state index contributed by atoms with van der Waals surface area (Å²) in [5, 5.41) is 0.589. The Kier molecular flexibility index (Phi) is 1.97. The van der Waals surface area contributed by atoms with E-state index in [-0.39, 0.29) is 0 Å². The van der Waals surface area contributed by atoms with Gasteiger partial charge in [-0.3, -0.25) is 0 Å². The van der Waals surface area contributed by atoms with Crippen LogP contribution in [0.1, 0.15) is 11.3 Å². The van der Waals surface area contributed by atoms with Crippen molar-refractivity contribution in [1.29, 1.82) is 0 Å². The number of halogens is 1. The van der Waals surface area contributed by atoms with Gasteiger partial charge in [0.2, 0.25) is 0 Å². The van der Waals surface area contributed by atoms with Crippen molar-refractivity contribution < 1.29 is 4.74 Å². The van der Waals surface area contributed by atoms with Gasteiger partial charge in [0.1, 0.15) is 5.15 Å². The van der Waals surface area contributed by atoms with Gasteiger partial charge in [-0.05, 0) is 24.6 Å². The molecule has 2 aromatic rings. The van der Waals surface area contributed by atoms with Gasteiger partial charge in [-0.1, -0.05) is 11.6 Å². The molecule has 3 nitrogen and oxygen atoms in total. The third kappa shape index (κ3) is 1.34. The average Bonchev–Trinajstić information content (AvgIpc) is 2.57. The van der Waals surface area contributed by atoms with E-state index >= 15 is 0 Å². The summed E-state index contributed by atoms with van der Waals surface area (Å²) in [4.78, 5) is 4.37. The molecule has 1 aliphatic rings. The van der Waals surface area contributed by atoms with Crippen LogP contribution in [0.2, 0.25) is 5.15 Å². The van der Waals surface area contributed by atoms with Crippen LogP contribution in [0, 0.1) is 6.92 Å². The summed E-state index contributed by atoms with van der Waals surface area (Å²) in [7, 11) is 0. The Morgan fingerprint density at radius 3 is 3.20 bits per heavy atom. The molecular formula is C11H11ClN2O. The molecule has 3 heterocycles. The van der Waals surface area contributed by atoms with Crippen molar-refractivity contribution in [1.82, 2.24) is 9.55 Å². The molecule has 15 heavy (non-hydrogen) atoms. The van der Waals surface area contributed by atoms with E-state index < -0.39 is 0 Å². The topological polar surface area (TPSA) is 27.1 Å². The summed E-state index contributed by atoms with van der Waals surface area (Å²) in [6.45, 7) is 4.33. The molecule has 1 aliphatic heterocycles. The molecule has 0 amide bonds. The minimum absolute atomic E-state index is 0.589. The van der Waals surface area contributed by atoms with E-state index in [4.69, 9.17) is 16.3 Å². The third-order valence-electron chi connectivity index (χ3n) is 2.81. The molecule has 0 aromatic carbocycles. The standard InChI is InChI=1S/C11H11ClN2O/c1-7-4-10-9(13-11(7)12)5-8-6-15-3-2-14(8)10/h4-5H,2-3,6H2,1H3. The largest absolute Gasteiger partial charge is 0.373 e. The first-order chi connectivity index (χ1) is 7.25. The minimum Gasteiger partial charge on any atom is -0.373 e. The SMILES string of the molecule is Cc1cc2c(cc3n2CCOC3)nc1Cl. The molecule has 4 heteroatoms. The van der Waals surface area contributed by atoms with Crippen molar-refractivity contribution in [3.05, 3.63) is 28.5 Å². The highest BCUT2D eigenvalue weighted by molar-refractivity contribution is 6.30. The van der Waals surface area contributed by atoms with Gasteiger partial charge in [-0.2, -0.15) is 0 Å². The summed E-state index contributed by atoms with van der Waals surface area (Å²) in [6, 6.07) is 4.15. The van der Waals surface area contributed by atoms with E-state index in [9.17, 15) is 0 Å². The van der Waals surface area contributed by atoms with E-state index in [0.29, 0.717) is 11.8 Å². The van der Waals surface area contributed by atoms with Crippen LogP contribution in [-0.2, 0) is 17.9 Å². The number of hydrogen-bond donors (Lipinski definition) is 0. The lowest BCUT2D eigenvalue weighted by molar-refractivity contribution is 0.0865. The summed E-state index contributed by atoms with van der Waals surface area (Å²) >= 11 is 6.00. The first kappa shape index (κ1) is 9.19. The summed E-state index contributed by atoms with van der Waals surface area (Å²) in [5.74, 6) is 0. The number of rotatable bonds is 0. The fourth-order valence-corrected chi connectivity index (χ4v) is 2.16. The van der Waals surface area contributed by atoms with Crippen LogP contribution in [0.5, 0.6) is 0 Å². The molecule has 0 unspecified atom stereocenters. The number of pyridine rings is 1. The molecule has 0 saturated carbocycles.